The third-order valence-corrected chi connectivity index (χ3v) is 5.96. The molecule has 0 aliphatic carbocycles. The van der Waals surface area contributed by atoms with Crippen LogP contribution >= 0.6 is 0 Å². The number of nitrogens with one attached hydrogen (secondary N) is 3. The molecule has 6 heteroatoms. The molecule has 164 valence electrons. The molecule has 0 spiro atoms. The van der Waals surface area contributed by atoms with Gasteiger partial charge >= 0.3 is 0 Å². The number of hydrogen-bond donors (Lipinski definition) is 4. The number of aromatic hydroxyl groups is 1. The minimum absolute atomic E-state index is 0.0247. The first-order valence-electron chi connectivity index (χ1n) is 10.9. The van der Waals surface area contributed by atoms with Crippen LogP contribution in [-0.2, 0) is 4.79 Å². The van der Waals surface area contributed by atoms with Crippen molar-refractivity contribution in [1.82, 2.24) is 16.3 Å². The van der Waals surface area contributed by atoms with Gasteiger partial charge < -0.3 is 5.11 Å². The Kier molecular flexibility index (Phi) is 5.85. The summed E-state index contributed by atoms with van der Waals surface area (Å²) in [6.45, 7) is 0. The molecule has 1 aliphatic rings. The zero-order valence-corrected chi connectivity index (χ0v) is 17.9. The van der Waals surface area contributed by atoms with Crippen LogP contribution < -0.4 is 16.3 Å². The minimum atomic E-state index is -0.415. The molecular formula is C27H24N4O2. The Balaban J connectivity index is 1.22. The van der Waals surface area contributed by atoms with Gasteiger partial charge in [0.2, 0.25) is 0 Å². The molecule has 0 bridgehead atoms. The number of nitrogens with zero attached hydrogens (tertiary/aromatic N) is 1. The van der Waals surface area contributed by atoms with E-state index in [0.29, 0.717) is 12.0 Å². The molecule has 1 saturated heterocycles. The lowest BCUT2D eigenvalue weighted by Crippen LogP contribution is -2.41. The molecule has 0 saturated carbocycles. The number of hydrazone groups is 1. The highest BCUT2D eigenvalue weighted by Gasteiger charge is 2.30. The first kappa shape index (κ1) is 20.9. The number of phenolic OH excluding ortho intramolecular Hbond substituents is 1. The minimum Gasteiger partial charge on any atom is -0.507 e. The normalized spacial score (nSPS) is 18.1. The first-order chi connectivity index (χ1) is 16.2. The Morgan fingerprint density at radius 1 is 0.879 bits per heavy atom. The van der Waals surface area contributed by atoms with Gasteiger partial charge in [-0.05, 0) is 39.9 Å². The van der Waals surface area contributed by atoms with Crippen molar-refractivity contribution in [3.63, 3.8) is 0 Å². The summed E-state index contributed by atoms with van der Waals surface area (Å²) in [5.41, 5.74) is 12.9. The van der Waals surface area contributed by atoms with E-state index in [1.165, 1.54) is 11.8 Å². The monoisotopic (exact) mass is 436 g/mol. The Hall–Kier alpha value is -4.00. The van der Waals surface area contributed by atoms with Crippen molar-refractivity contribution < 1.29 is 9.90 Å². The average molecular weight is 437 g/mol. The average Bonchev–Trinajstić information content (AvgIpc) is 3.36. The molecule has 1 heterocycles. The second-order valence-corrected chi connectivity index (χ2v) is 8.07. The number of benzene rings is 4. The van der Waals surface area contributed by atoms with Gasteiger partial charge in [-0.1, -0.05) is 84.9 Å². The van der Waals surface area contributed by atoms with Gasteiger partial charge in [-0.2, -0.15) is 5.10 Å². The topological polar surface area (TPSA) is 85.8 Å². The molecule has 2 unspecified atom stereocenters. The SMILES string of the molecule is O=C(N/N=C/c1c(O)ccc2ccccc12)C1CC(c2ccc(-c3ccccc3)cc2)NN1. The van der Waals surface area contributed by atoms with Crippen molar-refractivity contribution in [2.24, 2.45) is 5.10 Å². The molecule has 1 amide bonds. The zero-order valence-electron chi connectivity index (χ0n) is 17.9. The van der Waals surface area contributed by atoms with Gasteiger partial charge in [0.25, 0.3) is 5.91 Å². The third kappa shape index (κ3) is 4.48. The van der Waals surface area contributed by atoms with Crippen LogP contribution in [0.1, 0.15) is 23.6 Å². The van der Waals surface area contributed by atoms with Crippen molar-refractivity contribution in [2.45, 2.75) is 18.5 Å². The Morgan fingerprint density at radius 2 is 1.61 bits per heavy atom. The molecule has 0 radical (unpaired) electrons. The number of phenols is 1. The first-order valence-corrected chi connectivity index (χ1v) is 10.9. The summed E-state index contributed by atoms with van der Waals surface area (Å²) in [6.07, 6.45) is 2.09. The van der Waals surface area contributed by atoms with E-state index in [9.17, 15) is 9.90 Å². The van der Waals surface area contributed by atoms with Gasteiger partial charge in [0.1, 0.15) is 11.8 Å². The van der Waals surface area contributed by atoms with Gasteiger partial charge in [-0.3, -0.25) is 4.79 Å². The van der Waals surface area contributed by atoms with E-state index in [0.717, 1.165) is 21.9 Å². The molecule has 6 nitrogen and oxygen atoms in total. The van der Waals surface area contributed by atoms with E-state index in [1.807, 2.05) is 48.5 Å². The molecule has 4 aromatic carbocycles. The van der Waals surface area contributed by atoms with Crippen LogP contribution in [0, 0.1) is 0 Å². The molecule has 33 heavy (non-hydrogen) atoms. The molecule has 0 aromatic heterocycles. The van der Waals surface area contributed by atoms with E-state index >= 15 is 0 Å². The smallest absolute Gasteiger partial charge is 0.258 e. The van der Waals surface area contributed by atoms with Gasteiger partial charge in [0.05, 0.1) is 6.21 Å². The highest BCUT2D eigenvalue weighted by atomic mass is 16.3. The number of carbonyl (C=O) groups excluding carboxylic acids is 1. The Bertz CT molecular complexity index is 1300. The van der Waals surface area contributed by atoms with E-state index in [2.05, 4.69) is 57.8 Å². The van der Waals surface area contributed by atoms with Crippen LogP contribution in [0.2, 0.25) is 0 Å². The van der Waals surface area contributed by atoms with Crippen LogP contribution in [-0.4, -0.2) is 23.3 Å². The van der Waals surface area contributed by atoms with Crippen LogP contribution in [0.3, 0.4) is 0 Å². The molecule has 1 fully saturated rings. The van der Waals surface area contributed by atoms with Gasteiger partial charge in [-0.15, -0.1) is 0 Å². The number of hydrazine groups is 1. The predicted octanol–water partition coefficient (Wildman–Crippen LogP) is 4.27. The summed E-state index contributed by atoms with van der Waals surface area (Å²) in [5, 5.41) is 16.2. The lowest BCUT2D eigenvalue weighted by Gasteiger charge is -2.11. The van der Waals surface area contributed by atoms with Crippen LogP contribution in [0.15, 0.2) is 96.1 Å². The molecule has 5 rings (SSSR count). The van der Waals surface area contributed by atoms with Crippen LogP contribution in [0.4, 0.5) is 0 Å². The number of fused-ring (bicyclic) bond motifs is 1. The number of hydrogen-bond acceptors (Lipinski definition) is 5. The van der Waals surface area contributed by atoms with Crippen molar-refractivity contribution in [3.05, 3.63) is 102 Å². The maximum Gasteiger partial charge on any atom is 0.258 e. The highest BCUT2D eigenvalue weighted by molar-refractivity contribution is 6.02. The van der Waals surface area contributed by atoms with Crippen molar-refractivity contribution >= 4 is 22.9 Å². The maximum absolute atomic E-state index is 12.6. The van der Waals surface area contributed by atoms with Crippen LogP contribution in [0.5, 0.6) is 5.75 Å². The fourth-order valence-electron chi connectivity index (χ4n) is 4.14. The lowest BCUT2D eigenvalue weighted by molar-refractivity contribution is -0.122. The summed E-state index contributed by atoms with van der Waals surface area (Å²) < 4.78 is 0. The van der Waals surface area contributed by atoms with Crippen molar-refractivity contribution in [1.29, 1.82) is 0 Å². The van der Waals surface area contributed by atoms with E-state index in [-0.39, 0.29) is 17.7 Å². The van der Waals surface area contributed by atoms with Crippen molar-refractivity contribution in [3.8, 4) is 16.9 Å². The number of amides is 1. The highest BCUT2D eigenvalue weighted by Crippen LogP contribution is 2.27. The maximum atomic E-state index is 12.6. The zero-order chi connectivity index (χ0) is 22.6. The van der Waals surface area contributed by atoms with E-state index in [4.69, 9.17) is 0 Å². The second-order valence-electron chi connectivity index (χ2n) is 8.07. The molecular weight excluding hydrogens is 412 g/mol. The Labute approximate surface area is 191 Å². The summed E-state index contributed by atoms with van der Waals surface area (Å²) in [6, 6.07) is 29.4. The van der Waals surface area contributed by atoms with Crippen LogP contribution in [0.25, 0.3) is 21.9 Å². The Morgan fingerprint density at radius 3 is 2.42 bits per heavy atom. The van der Waals surface area contributed by atoms with Gasteiger partial charge in [0, 0.05) is 11.6 Å². The molecule has 4 aromatic rings. The molecule has 4 N–H and O–H groups in total. The standard InChI is InChI=1S/C27H24N4O2/c32-26-15-14-20-8-4-5-9-22(20)23(26)17-28-31-27(33)25-16-24(29-30-25)21-12-10-19(11-13-21)18-6-2-1-3-7-18/h1-15,17,24-25,29-30,32H,16H2,(H,31,33)/b28-17+. The van der Waals surface area contributed by atoms with Crippen molar-refractivity contribution in [2.75, 3.05) is 0 Å². The fraction of sp³-hybridized carbons (Fsp3) is 0.111. The second kappa shape index (κ2) is 9.24. The van der Waals surface area contributed by atoms with E-state index in [1.54, 1.807) is 6.07 Å². The third-order valence-electron chi connectivity index (χ3n) is 5.96. The number of carbonyl (C=O) groups is 1. The fourth-order valence-corrected chi connectivity index (χ4v) is 4.14. The molecule has 2 atom stereocenters. The summed E-state index contributed by atoms with van der Waals surface area (Å²) >= 11 is 0. The predicted molar refractivity (Wildman–Crippen MR) is 131 cm³/mol. The lowest BCUT2D eigenvalue weighted by atomic mass is 9.98. The summed E-state index contributed by atoms with van der Waals surface area (Å²) in [5.74, 6) is -0.117. The molecule has 1 aliphatic heterocycles. The summed E-state index contributed by atoms with van der Waals surface area (Å²) in [4.78, 5) is 12.6. The largest absolute Gasteiger partial charge is 0.507 e. The van der Waals surface area contributed by atoms with Gasteiger partial charge in [-0.25, -0.2) is 16.3 Å². The quantitative estimate of drug-likeness (QED) is 0.278. The van der Waals surface area contributed by atoms with E-state index < -0.39 is 6.04 Å². The number of rotatable bonds is 5. The van der Waals surface area contributed by atoms with Gasteiger partial charge in [0.15, 0.2) is 0 Å². The summed E-state index contributed by atoms with van der Waals surface area (Å²) in [7, 11) is 0.